The molecule has 0 heterocycles. The van der Waals surface area contributed by atoms with Crippen molar-refractivity contribution in [2.45, 2.75) is 36.2 Å². The second-order valence-electron chi connectivity index (χ2n) is 3.55. The van der Waals surface area contributed by atoms with Crippen molar-refractivity contribution in [2.24, 2.45) is 0 Å². The highest BCUT2D eigenvalue weighted by Gasteiger charge is 2.35. The van der Waals surface area contributed by atoms with Crippen LogP contribution in [0.2, 0.25) is 0 Å². The van der Waals surface area contributed by atoms with E-state index in [-0.39, 0.29) is 10.5 Å². The average molecular weight is 308 g/mol. The summed E-state index contributed by atoms with van der Waals surface area (Å²) in [5.41, 5.74) is 0. The number of hydrogen-bond acceptors (Lipinski definition) is 4. The van der Waals surface area contributed by atoms with Crippen LogP contribution in [0.3, 0.4) is 0 Å². The van der Waals surface area contributed by atoms with E-state index in [0.717, 1.165) is 12.8 Å². The molecule has 0 aromatic heterocycles. The summed E-state index contributed by atoms with van der Waals surface area (Å²) in [7, 11) is 0. The van der Waals surface area contributed by atoms with Crippen molar-refractivity contribution in [3.8, 4) is 0 Å². The third-order valence-electron chi connectivity index (χ3n) is 2.19. The van der Waals surface area contributed by atoms with E-state index < -0.39 is 13.6 Å². The molecule has 1 fully saturated rings. The van der Waals surface area contributed by atoms with E-state index in [9.17, 15) is 9.13 Å². The lowest BCUT2D eigenvalue weighted by Gasteiger charge is -2.30. The molecule has 0 spiro atoms. The van der Waals surface area contributed by atoms with Crippen LogP contribution in [0.4, 0.5) is 0 Å². The molecule has 6 nitrogen and oxygen atoms in total. The molecule has 96 valence electrons. The van der Waals surface area contributed by atoms with Gasteiger partial charge in [-0.3, -0.25) is 0 Å². The van der Waals surface area contributed by atoms with Crippen LogP contribution in [-0.4, -0.2) is 30.1 Å². The Morgan fingerprint density at radius 3 is 1.38 bits per heavy atom. The van der Waals surface area contributed by atoms with Crippen molar-refractivity contribution in [3.05, 3.63) is 0 Å². The summed E-state index contributed by atoms with van der Waals surface area (Å²) in [6.07, 6.45) is 2.87. The van der Waals surface area contributed by atoms with Crippen LogP contribution in [0.15, 0.2) is 0 Å². The van der Waals surface area contributed by atoms with Crippen molar-refractivity contribution in [1.82, 2.24) is 0 Å². The lowest BCUT2D eigenvalue weighted by Crippen LogP contribution is -2.24. The van der Waals surface area contributed by atoms with Crippen LogP contribution in [0, 0.1) is 0 Å². The van der Waals surface area contributed by atoms with Crippen molar-refractivity contribution >= 4 is 36.4 Å². The molecule has 16 heavy (non-hydrogen) atoms. The Bertz CT molecular complexity index is 293. The summed E-state index contributed by atoms with van der Waals surface area (Å²) in [5, 5.41) is -0.764. The van der Waals surface area contributed by atoms with E-state index in [1.165, 1.54) is 0 Å². The standard InChI is InChI=1S/C6H14O6P2S2/c7-13(8,9)15-5-3-1-2-4-6(5)16-14(10,11)12/h5-6H,1-4H2,(H2,7,8,9)(H2,10,11,12). The maximum atomic E-state index is 10.9. The first-order chi connectivity index (χ1) is 7.17. The van der Waals surface area contributed by atoms with E-state index in [1.807, 2.05) is 0 Å². The third kappa shape index (κ3) is 6.07. The summed E-state index contributed by atoms with van der Waals surface area (Å²) in [6.45, 7) is -8.37. The van der Waals surface area contributed by atoms with Gasteiger partial charge in [-0.1, -0.05) is 12.8 Å². The van der Waals surface area contributed by atoms with Gasteiger partial charge in [-0.2, -0.15) is 0 Å². The van der Waals surface area contributed by atoms with Crippen LogP contribution in [0.25, 0.3) is 0 Å². The Balaban J connectivity index is 2.64. The average Bonchev–Trinajstić information content (AvgIpc) is 2.03. The van der Waals surface area contributed by atoms with Crippen LogP contribution < -0.4 is 0 Å². The van der Waals surface area contributed by atoms with Crippen LogP contribution in [0.5, 0.6) is 0 Å². The molecular weight excluding hydrogens is 294 g/mol. The predicted molar refractivity (Wildman–Crippen MR) is 65.3 cm³/mol. The first kappa shape index (κ1) is 15.1. The Hall–Kier alpha value is 1.000. The van der Waals surface area contributed by atoms with Gasteiger partial charge in [-0.25, -0.2) is 9.13 Å². The lowest BCUT2D eigenvalue weighted by atomic mass is 10.00. The monoisotopic (exact) mass is 308 g/mol. The molecule has 10 heteroatoms. The van der Waals surface area contributed by atoms with E-state index in [0.29, 0.717) is 35.6 Å². The highest BCUT2D eigenvalue weighted by Crippen LogP contribution is 2.61. The van der Waals surface area contributed by atoms with E-state index in [2.05, 4.69) is 0 Å². The second-order valence-corrected chi connectivity index (χ2v) is 11.3. The van der Waals surface area contributed by atoms with E-state index in [4.69, 9.17) is 19.6 Å². The molecule has 0 amide bonds. The van der Waals surface area contributed by atoms with Gasteiger partial charge in [0, 0.05) is 10.5 Å². The maximum absolute atomic E-state index is 10.9. The third-order valence-corrected chi connectivity index (χ3v) is 7.85. The Morgan fingerprint density at radius 1 is 0.812 bits per heavy atom. The molecule has 2 atom stereocenters. The molecule has 1 aliphatic carbocycles. The van der Waals surface area contributed by atoms with Gasteiger partial charge in [-0.15, -0.1) is 0 Å². The summed E-state index contributed by atoms with van der Waals surface area (Å²) < 4.78 is 21.7. The van der Waals surface area contributed by atoms with Gasteiger partial charge in [0.25, 0.3) is 0 Å². The number of rotatable bonds is 4. The summed E-state index contributed by atoms with van der Waals surface area (Å²) >= 11 is 1.06. The summed E-state index contributed by atoms with van der Waals surface area (Å²) in [4.78, 5) is 35.4. The first-order valence-electron chi connectivity index (χ1n) is 4.65. The van der Waals surface area contributed by atoms with Crippen LogP contribution in [-0.2, 0) is 9.13 Å². The predicted octanol–water partition coefficient (Wildman–Crippen LogP) is 1.95. The molecular formula is C6H14O6P2S2. The topological polar surface area (TPSA) is 115 Å². The maximum Gasteiger partial charge on any atom is 0.384 e. The van der Waals surface area contributed by atoms with Gasteiger partial charge in [-0.05, 0) is 35.6 Å². The van der Waals surface area contributed by atoms with Crippen LogP contribution >= 0.6 is 36.4 Å². The van der Waals surface area contributed by atoms with Gasteiger partial charge in [0.15, 0.2) is 0 Å². The number of hydrogen-bond donors (Lipinski definition) is 4. The zero-order valence-corrected chi connectivity index (χ0v) is 11.7. The minimum atomic E-state index is -4.19. The fourth-order valence-electron chi connectivity index (χ4n) is 1.66. The normalized spacial score (nSPS) is 28.0. The van der Waals surface area contributed by atoms with Crippen molar-refractivity contribution < 1.29 is 28.7 Å². The van der Waals surface area contributed by atoms with Crippen molar-refractivity contribution in [3.63, 3.8) is 0 Å². The zero-order chi connectivity index (χ0) is 12.4. The largest absolute Gasteiger partial charge is 0.384 e. The SMILES string of the molecule is O=P(O)(O)SC1CCCCC1SP(=O)(O)O. The molecule has 0 radical (unpaired) electrons. The molecule has 0 aromatic carbocycles. The molecule has 1 aliphatic rings. The molecule has 1 rings (SSSR count). The van der Waals surface area contributed by atoms with Gasteiger partial charge in [0.1, 0.15) is 0 Å². The minimum absolute atomic E-state index is 0.382. The molecule has 0 saturated heterocycles. The smallest absolute Gasteiger partial charge is 0.317 e. The Labute approximate surface area is 101 Å². The van der Waals surface area contributed by atoms with Crippen molar-refractivity contribution in [2.75, 3.05) is 0 Å². The molecule has 0 aromatic rings. The molecule has 1 saturated carbocycles. The molecule has 0 aliphatic heterocycles. The quantitative estimate of drug-likeness (QED) is 0.582. The molecule has 2 unspecified atom stereocenters. The Kier molecular flexibility index (Phi) is 5.42. The highest BCUT2D eigenvalue weighted by molar-refractivity contribution is 8.57. The summed E-state index contributed by atoms with van der Waals surface area (Å²) in [5.74, 6) is 0. The van der Waals surface area contributed by atoms with Gasteiger partial charge >= 0.3 is 13.6 Å². The van der Waals surface area contributed by atoms with E-state index in [1.54, 1.807) is 0 Å². The molecule has 0 bridgehead atoms. The zero-order valence-electron chi connectivity index (χ0n) is 8.30. The van der Waals surface area contributed by atoms with E-state index >= 15 is 0 Å². The van der Waals surface area contributed by atoms with Crippen molar-refractivity contribution in [1.29, 1.82) is 0 Å². The van der Waals surface area contributed by atoms with Gasteiger partial charge in [0.05, 0.1) is 0 Å². The van der Waals surface area contributed by atoms with Gasteiger partial charge < -0.3 is 19.6 Å². The fraction of sp³-hybridized carbons (Fsp3) is 1.00. The minimum Gasteiger partial charge on any atom is -0.317 e. The Morgan fingerprint density at radius 2 is 1.12 bits per heavy atom. The molecule has 4 N–H and O–H groups in total. The second kappa shape index (κ2) is 5.76. The van der Waals surface area contributed by atoms with Gasteiger partial charge in [0.2, 0.25) is 0 Å². The fourth-order valence-corrected chi connectivity index (χ4v) is 7.91. The lowest BCUT2D eigenvalue weighted by molar-refractivity contribution is 0.392. The van der Waals surface area contributed by atoms with Crippen LogP contribution in [0.1, 0.15) is 25.7 Å². The first-order valence-corrected chi connectivity index (χ1v) is 10.8. The summed E-state index contributed by atoms with van der Waals surface area (Å²) in [6, 6.07) is 0. The highest BCUT2D eigenvalue weighted by atomic mass is 32.7.